The smallest absolute Gasteiger partial charge is 0.149 e. The van der Waals surface area contributed by atoms with Crippen LogP contribution in [0.5, 0.6) is 0 Å². The molecule has 19 heavy (non-hydrogen) atoms. The summed E-state index contributed by atoms with van der Waals surface area (Å²) in [6.45, 7) is 7.25. The Morgan fingerprint density at radius 2 is 2.16 bits per heavy atom. The highest BCUT2D eigenvalue weighted by Gasteiger charge is 2.14. The van der Waals surface area contributed by atoms with Crippen LogP contribution in [0.4, 0.5) is 0 Å². The Kier molecular flexibility index (Phi) is 4.91. The first-order valence-electron chi connectivity index (χ1n) is 6.45. The molecule has 0 amide bonds. The van der Waals surface area contributed by atoms with Gasteiger partial charge >= 0.3 is 0 Å². The zero-order chi connectivity index (χ0) is 13.8. The Balaban J connectivity index is 2.23. The van der Waals surface area contributed by atoms with Crippen molar-refractivity contribution in [1.82, 2.24) is 15.5 Å². The molecule has 3 nitrogen and oxygen atoms in total. The molecule has 0 aliphatic heterocycles. The second-order valence-electron chi connectivity index (χ2n) is 4.56. The molecular formula is C14H18ClN3S. The van der Waals surface area contributed by atoms with Gasteiger partial charge in [0.1, 0.15) is 10.0 Å². The van der Waals surface area contributed by atoms with Crippen LogP contribution in [0.25, 0.3) is 10.6 Å². The summed E-state index contributed by atoms with van der Waals surface area (Å²) in [5.74, 6) is 0. The van der Waals surface area contributed by atoms with Gasteiger partial charge in [0.2, 0.25) is 0 Å². The van der Waals surface area contributed by atoms with Crippen LogP contribution in [0.1, 0.15) is 36.9 Å². The predicted octanol–water partition coefficient (Wildman–Crippen LogP) is 4.23. The Labute approximate surface area is 123 Å². The van der Waals surface area contributed by atoms with Crippen LogP contribution >= 0.6 is 22.9 Å². The van der Waals surface area contributed by atoms with E-state index in [9.17, 15) is 0 Å². The van der Waals surface area contributed by atoms with Gasteiger partial charge in [0.25, 0.3) is 0 Å². The molecule has 1 N–H and O–H groups in total. The van der Waals surface area contributed by atoms with E-state index in [1.807, 2.05) is 25.1 Å². The summed E-state index contributed by atoms with van der Waals surface area (Å²) in [5, 5.41) is 14.6. The van der Waals surface area contributed by atoms with Crippen molar-refractivity contribution in [3.8, 4) is 10.6 Å². The fourth-order valence-corrected chi connectivity index (χ4v) is 2.95. The molecule has 102 valence electrons. The van der Waals surface area contributed by atoms with Gasteiger partial charge in [0, 0.05) is 5.56 Å². The topological polar surface area (TPSA) is 37.8 Å². The van der Waals surface area contributed by atoms with Crippen LogP contribution in [0.2, 0.25) is 5.02 Å². The van der Waals surface area contributed by atoms with E-state index in [-0.39, 0.29) is 6.04 Å². The van der Waals surface area contributed by atoms with E-state index < -0.39 is 0 Å². The van der Waals surface area contributed by atoms with E-state index >= 15 is 0 Å². The third-order valence-electron chi connectivity index (χ3n) is 2.93. The highest BCUT2D eigenvalue weighted by Crippen LogP contribution is 2.33. The van der Waals surface area contributed by atoms with Gasteiger partial charge in [-0.25, -0.2) is 0 Å². The molecule has 0 spiro atoms. The largest absolute Gasteiger partial charge is 0.308 e. The van der Waals surface area contributed by atoms with Gasteiger partial charge in [-0.2, -0.15) is 0 Å². The van der Waals surface area contributed by atoms with Crippen molar-refractivity contribution in [2.75, 3.05) is 6.54 Å². The zero-order valence-corrected chi connectivity index (χ0v) is 13.0. The van der Waals surface area contributed by atoms with E-state index in [1.54, 1.807) is 11.3 Å². The third kappa shape index (κ3) is 3.32. The molecule has 1 atom stereocenters. The van der Waals surface area contributed by atoms with Gasteiger partial charge in [-0.15, -0.1) is 10.2 Å². The lowest BCUT2D eigenvalue weighted by molar-refractivity contribution is 0.564. The van der Waals surface area contributed by atoms with Crippen molar-refractivity contribution in [3.63, 3.8) is 0 Å². The number of aromatic nitrogens is 2. The molecule has 1 aromatic heterocycles. The van der Waals surface area contributed by atoms with Crippen LogP contribution in [0.15, 0.2) is 18.2 Å². The average Bonchev–Trinajstić information content (AvgIpc) is 2.88. The number of benzene rings is 1. The van der Waals surface area contributed by atoms with Crippen molar-refractivity contribution in [2.24, 2.45) is 0 Å². The fraction of sp³-hybridized carbons (Fsp3) is 0.429. The lowest BCUT2D eigenvalue weighted by Crippen LogP contribution is -2.18. The number of nitrogens with zero attached hydrogens (tertiary/aromatic N) is 2. The van der Waals surface area contributed by atoms with Crippen LogP contribution in [-0.4, -0.2) is 16.7 Å². The Bertz CT molecular complexity index is 553. The number of hydrogen-bond acceptors (Lipinski definition) is 4. The van der Waals surface area contributed by atoms with Crippen molar-refractivity contribution < 1.29 is 0 Å². The summed E-state index contributed by atoms with van der Waals surface area (Å²) in [5.41, 5.74) is 2.03. The molecule has 0 aliphatic carbocycles. The Morgan fingerprint density at radius 3 is 2.89 bits per heavy atom. The number of hydrogen-bond donors (Lipinski definition) is 1. The maximum atomic E-state index is 6.32. The lowest BCUT2D eigenvalue weighted by atomic mass is 10.1. The SMILES string of the molecule is CCCNC(C)c1nnc(-c2cccc(C)c2Cl)s1. The second-order valence-corrected chi connectivity index (χ2v) is 5.94. The summed E-state index contributed by atoms with van der Waals surface area (Å²) in [6, 6.07) is 6.22. The number of halogens is 1. The Morgan fingerprint density at radius 1 is 1.37 bits per heavy atom. The zero-order valence-electron chi connectivity index (χ0n) is 11.4. The molecule has 0 bridgehead atoms. The third-order valence-corrected chi connectivity index (χ3v) is 4.57. The molecule has 0 radical (unpaired) electrons. The molecule has 0 saturated carbocycles. The predicted molar refractivity (Wildman–Crippen MR) is 81.8 cm³/mol. The highest BCUT2D eigenvalue weighted by atomic mass is 35.5. The number of nitrogens with one attached hydrogen (secondary N) is 1. The molecule has 2 rings (SSSR count). The summed E-state index contributed by atoms with van der Waals surface area (Å²) in [7, 11) is 0. The maximum absolute atomic E-state index is 6.32. The van der Waals surface area contributed by atoms with Gasteiger partial charge in [-0.05, 0) is 32.4 Å². The summed E-state index contributed by atoms with van der Waals surface area (Å²) < 4.78 is 0. The minimum absolute atomic E-state index is 0.231. The molecule has 0 fully saturated rings. The first-order valence-corrected chi connectivity index (χ1v) is 7.65. The highest BCUT2D eigenvalue weighted by molar-refractivity contribution is 7.14. The first kappa shape index (κ1) is 14.4. The van der Waals surface area contributed by atoms with Crippen LogP contribution in [0, 0.1) is 6.92 Å². The van der Waals surface area contributed by atoms with Crippen LogP contribution in [-0.2, 0) is 0 Å². The van der Waals surface area contributed by atoms with Crippen molar-refractivity contribution in [2.45, 2.75) is 33.2 Å². The monoisotopic (exact) mass is 295 g/mol. The molecule has 5 heteroatoms. The maximum Gasteiger partial charge on any atom is 0.149 e. The molecular weight excluding hydrogens is 278 g/mol. The van der Waals surface area contributed by atoms with Crippen molar-refractivity contribution in [1.29, 1.82) is 0 Å². The van der Waals surface area contributed by atoms with Gasteiger partial charge in [0.05, 0.1) is 11.1 Å². The average molecular weight is 296 g/mol. The van der Waals surface area contributed by atoms with Crippen molar-refractivity contribution >= 4 is 22.9 Å². The lowest BCUT2D eigenvalue weighted by Gasteiger charge is -2.08. The first-order chi connectivity index (χ1) is 9.13. The molecule has 1 heterocycles. The number of rotatable bonds is 5. The minimum Gasteiger partial charge on any atom is -0.308 e. The molecule has 1 aromatic carbocycles. The van der Waals surface area contributed by atoms with Crippen LogP contribution in [0.3, 0.4) is 0 Å². The number of aryl methyl sites for hydroxylation is 1. The summed E-state index contributed by atoms with van der Waals surface area (Å²) in [4.78, 5) is 0. The van der Waals surface area contributed by atoms with Gasteiger partial charge in [-0.3, -0.25) is 0 Å². The van der Waals surface area contributed by atoms with E-state index in [4.69, 9.17) is 11.6 Å². The van der Waals surface area contributed by atoms with Gasteiger partial charge in [-0.1, -0.05) is 48.1 Å². The molecule has 1 unspecified atom stereocenters. The minimum atomic E-state index is 0.231. The molecule has 0 saturated heterocycles. The molecule has 2 aromatic rings. The van der Waals surface area contributed by atoms with Crippen LogP contribution < -0.4 is 5.32 Å². The van der Waals surface area contributed by atoms with E-state index in [0.29, 0.717) is 0 Å². The summed E-state index contributed by atoms with van der Waals surface area (Å²) >= 11 is 7.92. The summed E-state index contributed by atoms with van der Waals surface area (Å²) in [6.07, 6.45) is 1.11. The van der Waals surface area contributed by atoms with E-state index in [1.165, 1.54) is 0 Å². The normalized spacial score (nSPS) is 12.6. The van der Waals surface area contributed by atoms with Gasteiger partial charge < -0.3 is 5.32 Å². The van der Waals surface area contributed by atoms with E-state index in [0.717, 1.165) is 39.1 Å². The van der Waals surface area contributed by atoms with Crippen molar-refractivity contribution in [3.05, 3.63) is 33.8 Å². The fourth-order valence-electron chi connectivity index (χ4n) is 1.78. The van der Waals surface area contributed by atoms with E-state index in [2.05, 4.69) is 29.4 Å². The Hall–Kier alpha value is -0.970. The quantitative estimate of drug-likeness (QED) is 0.897. The molecule has 0 aliphatic rings. The second kappa shape index (κ2) is 6.46. The standard InChI is InChI=1S/C14H18ClN3S/c1-4-8-16-10(3)13-17-18-14(19-13)11-7-5-6-9(2)12(11)15/h5-7,10,16H,4,8H2,1-3H3. The van der Waals surface area contributed by atoms with Gasteiger partial charge in [0.15, 0.2) is 0 Å².